The van der Waals surface area contributed by atoms with E-state index in [1.807, 2.05) is 0 Å². The van der Waals surface area contributed by atoms with Crippen LogP contribution in [0.2, 0.25) is 0 Å². The van der Waals surface area contributed by atoms with E-state index in [1.54, 1.807) is 0 Å². The summed E-state index contributed by atoms with van der Waals surface area (Å²) in [5.74, 6) is 0. The molecule has 0 heterocycles. The van der Waals surface area contributed by atoms with Crippen molar-refractivity contribution < 1.29 is 0 Å². The van der Waals surface area contributed by atoms with E-state index >= 15 is 0 Å². The minimum atomic E-state index is 0.349. The van der Waals surface area contributed by atoms with Gasteiger partial charge >= 0.3 is 0 Å². The molecule has 51 heavy (non-hydrogen) atoms. The molecule has 0 aromatic heterocycles. The van der Waals surface area contributed by atoms with Crippen molar-refractivity contribution in [3.05, 3.63) is 185 Å². The van der Waals surface area contributed by atoms with Gasteiger partial charge < -0.3 is 9.80 Å². The normalized spacial score (nSPS) is 16.7. The second-order valence-electron chi connectivity index (χ2n) is 14.3. The van der Waals surface area contributed by atoms with E-state index in [2.05, 4.69) is 170 Å². The van der Waals surface area contributed by atoms with Crippen molar-refractivity contribution in [3.63, 3.8) is 0 Å². The van der Waals surface area contributed by atoms with Crippen LogP contribution in [0.15, 0.2) is 180 Å². The Balaban J connectivity index is 1.02. The molecule has 3 aromatic carbocycles. The monoisotopic (exact) mass is 672 g/mol. The average molecular weight is 673 g/mol. The smallest absolute Gasteiger partial charge is 0.0410 e. The zero-order valence-electron chi connectivity index (χ0n) is 30.9. The van der Waals surface area contributed by atoms with Crippen LogP contribution in [0.3, 0.4) is 0 Å². The van der Waals surface area contributed by atoms with Crippen LogP contribution < -0.4 is 9.80 Å². The second kappa shape index (κ2) is 18.4. The van der Waals surface area contributed by atoms with Crippen molar-refractivity contribution in [1.29, 1.82) is 0 Å². The summed E-state index contributed by atoms with van der Waals surface area (Å²) >= 11 is 0. The Kier molecular flexibility index (Phi) is 13.0. The highest BCUT2D eigenvalue weighted by atomic mass is 15.2. The summed E-state index contributed by atoms with van der Waals surface area (Å²) in [6.07, 6.45) is 31.0. The quantitative estimate of drug-likeness (QED) is 0.110. The Morgan fingerprint density at radius 1 is 0.706 bits per heavy atom. The number of hydrogen-bond donors (Lipinski definition) is 0. The van der Waals surface area contributed by atoms with Gasteiger partial charge in [0.1, 0.15) is 0 Å². The van der Waals surface area contributed by atoms with Gasteiger partial charge in [0.05, 0.1) is 0 Å². The van der Waals surface area contributed by atoms with E-state index in [0.717, 1.165) is 57.9 Å². The maximum atomic E-state index is 4.53. The summed E-state index contributed by atoms with van der Waals surface area (Å²) in [5, 5.41) is 0. The van der Waals surface area contributed by atoms with Crippen LogP contribution in [-0.4, -0.2) is 12.6 Å². The molecule has 0 bridgehead atoms. The topological polar surface area (TPSA) is 6.48 Å². The highest BCUT2D eigenvalue weighted by Crippen LogP contribution is 2.34. The van der Waals surface area contributed by atoms with Gasteiger partial charge in [0, 0.05) is 35.4 Å². The third-order valence-corrected chi connectivity index (χ3v) is 10.6. The molecule has 0 N–H and O–H groups in total. The number of para-hydroxylation sites is 2. The average Bonchev–Trinajstić information content (AvgIpc) is 3.20. The Hall–Kier alpha value is -4.82. The summed E-state index contributed by atoms with van der Waals surface area (Å²) in [6, 6.07) is 33.0. The lowest BCUT2D eigenvalue weighted by Crippen LogP contribution is -2.32. The van der Waals surface area contributed by atoms with Gasteiger partial charge in [0.15, 0.2) is 0 Å². The van der Waals surface area contributed by atoms with E-state index in [1.165, 1.54) is 75.5 Å². The Labute approximate surface area is 308 Å². The molecule has 1 unspecified atom stereocenters. The number of allylic oxidation sites excluding steroid dienone is 14. The third-order valence-electron chi connectivity index (χ3n) is 10.6. The van der Waals surface area contributed by atoms with Gasteiger partial charge in [-0.05, 0) is 137 Å². The summed E-state index contributed by atoms with van der Waals surface area (Å²) in [5.41, 5.74) is 13.7. The summed E-state index contributed by atoms with van der Waals surface area (Å²) in [7, 11) is 0. The molecule has 0 amide bonds. The largest absolute Gasteiger partial charge is 0.345 e. The minimum absolute atomic E-state index is 0.349. The lowest BCUT2D eigenvalue weighted by molar-refractivity contribution is 0.660. The van der Waals surface area contributed by atoms with Gasteiger partial charge in [0.25, 0.3) is 0 Å². The molecule has 0 fully saturated rings. The molecule has 0 spiro atoms. The van der Waals surface area contributed by atoms with Crippen LogP contribution in [0.5, 0.6) is 0 Å². The first-order chi connectivity index (χ1) is 25.1. The summed E-state index contributed by atoms with van der Waals surface area (Å²) in [6.45, 7) is 10.2. The fraction of sp³-hybridized carbons (Fsp3) is 0.306. The van der Waals surface area contributed by atoms with E-state index < -0.39 is 0 Å². The van der Waals surface area contributed by atoms with Gasteiger partial charge in [-0.1, -0.05) is 127 Å². The highest BCUT2D eigenvalue weighted by Gasteiger charge is 2.21. The number of benzene rings is 3. The maximum absolute atomic E-state index is 4.53. The van der Waals surface area contributed by atoms with Gasteiger partial charge in [-0.2, -0.15) is 0 Å². The Bertz CT molecular complexity index is 1810. The zero-order valence-corrected chi connectivity index (χ0v) is 30.9. The molecule has 2 nitrogen and oxygen atoms in total. The third kappa shape index (κ3) is 9.91. The fourth-order valence-corrected chi connectivity index (χ4v) is 7.58. The molecular formula is C49H56N2. The van der Waals surface area contributed by atoms with E-state index in [9.17, 15) is 0 Å². The molecule has 3 aliphatic rings. The Morgan fingerprint density at radius 3 is 2.00 bits per heavy atom. The standard InChI is InChI=1S/C49H56N2/c1-39(19-9-8-18-38-50(46-24-14-6-15-25-46)47-34-30-44(31-35-47)42-20-10-4-11-21-42)40(2)28-29-41(3)51(48-26-16-7-17-27-48)49-36-32-45(33-37-49)43-22-12-5-13-23-43/h4,6-7,10-12,14-17,20-28,30,32,34,36,41H,1,5,8-9,13,18-19,29,31,33,35,37-38H2,2-3H3/b40-28+. The van der Waals surface area contributed by atoms with Crippen molar-refractivity contribution >= 4 is 16.9 Å². The van der Waals surface area contributed by atoms with Crippen molar-refractivity contribution in [2.24, 2.45) is 0 Å². The SMILES string of the molecule is C=C(CCCCCN(C1=CC=C(c2ccccc2)CC1)c1ccccc1)/C(C)=C/CC(C)N(C1=CC=C(C2=CCCC=C2)CC1)c1ccccc1. The predicted octanol–water partition coefficient (Wildman–Crippen LogP) is 13.5. The van der Waals surface area contributed by atoms with Crippen LogP contribution >= 0.6 is 0 Å². The number of hydrogen-bond acceptors (Lipinski definition) is 2. The molecule has 3 aromatic rings. The maximum Gasteiger partial charge on any atom is 0.0410 e. The molecule has 0 aliphatic heterocycles. The number of anilines is 2. The molecule has 3 aliphatic carbocycles. The van der Waals surface area contributed by atoms with Crippen molar-refractivity contribution in [3.8, 4) is 0 Å². The second-order valence-corrected chi connectivity index (χ2v) is 14.3. The lowest BCUT2D eigenvalue weighted by Gasteiger charge is -2.35. The molecule has 2 heteroatoms. The molecule has 1 atom stereocenters. The molecule has 0 radical (unpaired) electrons. The van der Waals surface area contributed by atoms with Crippen molar-refractivity contribution in [1.82, 2.24) is 0 Å². The van der Waals surface area contributed by atoms with Crippen LogP contribution in [0.4, 0.5) is 11.4 Å². The first-order valence-corrected chi connectivity index (χ1v) is 19.3. The van der Waals surface area contributed by atoms with Crippen LogP contribution in [0.1, 0.15) is 90.0 Å². The number of unbranched alkanes of at least 4 members (excludes halogenated alkanes) is 2. The van der Waals surface area contributed by atoms with E-state index in [0.29, 0.717) is 6.04 Å². The molecule has 6 rings (SSSR count). The van der Waals surface area contributed by atoms with Crippen LogP contribution in [0.25, 0.3) is 5.57 Å². The first kappa shape index (κ1) is 36.0. The summed E-state index contributed by atoms with van der Waals surface area (Å²) in [4.78, 5) is 5.10. The molecule has 262 valence electrons. The van der Waals surface area contributed by atoms with Crippen molar-refractivity contribution in [2.75, 3.05) is 16.3 Å². The van der Waals surface area contributed by atoms with E-state index in [-0.39, 0.29) is 0 Å². The van der Waals surface area contributed by atoms with Gasteiger partial charge in [-0.3, -0.25) is 0 Å². The van der Waals surface area contributed by atoms with Gasteiger partial charge in [0.2, 0.25) is 0 Å². The summed E-state index contributed by atoms with van der Waals surface area (Å²) < 4.78 is 0. The van der Waals surface area contributed by atoms with E-state index in [4.69, 9.17) is 0 Å². The van der Waals surface area contributed by atoms with Gasteiger partial charge in [-0.15, -0.1) is 0 Å². The van der Waals surface area contributed by atoms with Crippen LogP contribution in [-0.2, 0) is 0 Å². The Morgan fingerprint density at radius 2 is 1.35 bits per heavy atom. The number of nitrogens with zero attached hydrogens (tertiary/aromatic N) is 2. The lowest BCUT2D eigenvalue weighted by atomic mass is 9.91. The zero-order chi connectivity index (χ0) is 35.3. The van der Waals surface area contributed by atoms with Gasteiger partial charge in [-0.25, -0.2) is 0 Å². The minimum Gasteiger partial charge on any atom is -0.345 e. The first-order valence-electron chi connectivity index (χ1n) is 19.3. The number of rotatable bonds is 16. The highest BCUT2D eigenvalue weighted by molar-refractivity contribution is 5.70. The van der Waals surface area contributed by atoms with Crippen molar-refractivity contribution in [2.45, 2.75) is 90.5 Å². The molecule has 0 saturated carbocycles. The predicted molar refractivity (Wildman–Crippen MR) is 222 cm³/mol. The fourth-order valence-electron chi connectivity index (χ4n) is 7.58. The molecular weight excluding hydrogens is 617 g/mol. The molecule has 0 saturated heterocycles. The van der Waals surface area contributed by atoms with Crippen LogP contribution in [0, 0.1) is 0 Å².